The summed E-state index contributed by atoms with van der Waals surface area (Å²) in [5.74, 6) is -0.991. The quantitative estimate of drug-likeness (QED) is 0.548. The van der Waals surface area contributed by atoms with Gasteiger partial charge in [-0.2, -0.15) is 0 Å². The van der Waals surface area contributed by atoms with Crippen molar-refractivity contribution in [2.75, 3.05) is 0 Å². The Morgan fingerprint density at radius 2 is 1.36 bits per heavy atom. The molecule has 0 spiro atoms. The van der Waals surface area contributed by atoms with E-state index in [1.54, 1.807) is 18.2 Å². The lowest BCUT2D eigenvalue weighted by Gasteiger charge is -2.11. The van der Waals surface area contributed by atoms with Gasteiger partial charge in [0.25, 0.3) is 0 Å². The Labute approximate surface area is 142 Å². The minimum atomic E-state index is -1.85. The van der Waals surface area contributed by atoms with Crippen LogP contribution >= 0.6 is 0 Å². The number of hydrogen-bond acceptors (Lipinski definition) is 5. The first kappa shape index (κ1) is 16.2. The Balaban J connectivity index is 2.03. The molecule has 0 aliphatic carbocycles. The van der Waals surface area contributed by atoms with Crippen LogP contribution in [-0.2, 0) is 9.47 Å². The van der Waals surface area contributed by atoms with Gasteiger partial charge in [-0.15, -0.1) is 0 Å². The largest absolute Gasteiger partial charge is 0.526 e. The van der Waals surface area contributed by atoms with Crippen LogP contribution in [0, 0.1) is 0 Å². The van der Waals surface area contributed by atoms with Gasteiger partial charge in [0, 0.05) is 0 Å². The predicted octanol–water partition coefficient (Wildman–Crippen LogP) is 4.48. The number of esters is 1. The zero-order chi connectivity index (χ0) is 17.8. The molecule has 0 saturated heterocycles. The first-order valence-electron chi connectivity index (χ1n) is 7.30. The van der Waals surface area contributed by atoms with Gasteiger partial charge >= 0.3 is 18.3 Å². The van der Waals surface area contributed by atoms with Crippen molar-refractivity contribution in [2.45, 2.75) is 0 Å². The van der Waals surface area contributed by atoms with Gasteiger partial charge in [0.05, 0.1) is 5.56 Å². The minimum absolute atomic E-state index is 0.126. The van der Waals surface area contributed by atoms with E-state index in [9.17, 15) is 14.4 Å². The average molecular weight is 336 g/mol. The molecule has 6 nitrogen and oxygen atoms in total. The molecule has 0 aromatic heterocycles. The normalized spacial score (nSPS) is 10.2. The highest BCUT2D eigenvalue weighted by Gasteiger charge is 2.20. The van der Waals surface area contributed by atoms with Crippen molar-refractivity contribution in [2.24, 2.45) is 0 Å². The van der Waals surface area contributed by atoms with Gasteiger partial charge in [-0.05, 0) is 28.0 Å². The summed E-state index contributed by atoms with van der Waals surface area (Å²) < 4.78 is 8.23. The van der Waals surface area contributed by atoms with E-state index in [0.29, 0.717) is 5.56 Å². The molecular formula is C19H12O6. The van der Waals surface area contributed by atoms with Gasteiger partial charge in [0.2, 0.25) is 0 Å². The molecule has 0 fully saturated rings. The first-order valence-corrected chi connectivity index (χ1v) is 7.30. The van der Waals surface area contributed by atoms with Gasteiger partial charge in [0.1, 0.15) is 0 Å². The summed E-state index contributed by atoms with van der Waals surface area (Å²) in [4.78, 5) is 33.8. The molecule has 0 aliphatic rings. The molecule has 25 heavy (non-hydrogen) atoms. The van der Waals surface area contributed by atoms with Gasteiger partial charge in [-0.1, -0.05) is 60.7 Å². The minimum Gasteiger partial charge on any atom is -0.449 e. The van der Waals surface area contributed by atoms with E-state index < -0.39 is 18.3 Å². The number of rotatable bonds is 2. The molecule has 1 N–H and O–H groups in total. The highest BCUT2D eigenvalue weighted by molar-refractivity contribution is 6.06. The van der Waals surface area contributed by atoms with E-state index in [-0.39, 0.29) is 5.56 Å². The van der Waals surface area contributed by atoms with E-state index in [2.05, 4.69) is 9.47 Å². The van der Waals surface area contributed by atoms with Crippen LogP contribution < -0.4 is 0 Å². The number of fused-ring (bicyclic) bond motifs is 1. The molecule has 3 aromatic carbocycles. The number of carbonyl (C=O) groups excluding carboxylic acids is 2. The molecule has 0 amide bonds. The summed E-state index contributed by atoms with van der Waals surface area (Å²) in [5, 5.41) is 10.3. The molecule has 6 heteroatoms. The van der Waals surface area contributed by atoms with Gasteiger partial charge in [-0.25, -0.2) is 14.4 Å². The summed E-state index contributed by atoms with van der Waals surface area (Å²) in [6, 6.07) is 19.9. The zero-order valence-corrected chi connectivity index (χ0v) is 12.8. The smallest absolute Gasteiger partial charge is 0.449 e. The molecular weight excluding hydrogens is 324 g/mol. The van der Waals surface area contributed by atoms with Crippen LogP contribution in [0.4, 0.5) is 9.59 Å². The van der Waals surface area contributed by atoms with E-state index in [1.165, 1.54) is 6.07 Å². The molecule has 0 saturated carbocycles. The maximum atomic E-state index is 12.3. The van der Waals surface area contributed by atoms with E-state index in [0.717, 1.165) is 16.3 Å². The summed E-state index contributed by atoms with van der Waals surface area (Å²) in [7, 11) is 0. The topological polar surface area (TPSA) is 89.9 Å². The number of carbonyl (C=O) groups is 3. The lowest BCUT2D eigenvalue weighted by Crippen LogP contribution is -2.17. The molecule has 0 aliphatic heterocycles. The molecule has 3 rings (SSSR count). The summed E-state index contributed by atoms with van der Waals surface area (Å²) in [6.07, 6.45) is -3.44. The van der Waals surface area contributed by atoms with Crippen molar-refractivity contribution in [3.8, 4) is 11.1 Å². The first-order chi connectivity index (χ1) is 12.1. The molecule has 0 radical (unpaired) electrons. The van der Waals surface area contributed by atoms with Gasteiger partial charge in [0.15, 0.2) is 0 Å². The van der Waals surface area contributed by atoms with Gasteiger partial charge in [-0.3, -0.25) is 0 Å². The molecule has 0 atom stereocenters. The van der Waals surface area contributed by atoms with Crippen LogP contribution in [-0.4, -0.2) is 23.4 Å². The van der Waals surface area contributed by atoms with E-state index in [1.807, 2.05) is 42.5 Å². The molecule has 0 heterocycles. The fourth-order valence-electron chi connectivity index (χ4n) is 2.58. The van der Waals surface area contributed by atoms with Crippen molar-refractivity contribution in [1.82, 2.24) is 0 Å². The van der Waals surface area contributed by atoms with Crippen molar-refractivity contribution in [3.63, 3.8) is 0 Å². The van der Waals surface area contributed by atoms with Crippen molar-refractivity contribution in [1.29, 1.82) is 0 Å². The number of benzene rings is 3. The Kier molecular flexibility index (Phi) is 4.43. The van der Waals surface area contributed by atoms with Crippen molar-refractivity contribution < 1.29 is 29.0 Å². The second-order valence-electron chi connectivity index (χ2n) is 5.08. The summed E-state index contributed by atoms with van der Waals surface area (Å²) in [6.45, 7) is 0. The van der Waals surface area contributed by atoms with Crippen LogP contribution in [0.1, 0.15) is 10.4 Å². The van der Waals surface area contributed by atoms with E-state index >= 15 is 0 Å². The summed E-state index contributed by atoms with van der Waals surface area (Å²) in [5.41, 5.74) is 1.48. The lowest BCUT2D eigenvalue weighted by molar-refractivity contribution is 0.0405. The zero-order valence-electron chi connectivity index (χ0n) is 12.8. The van der Waals surface area contributed by atoms with Crippen LogP contribution in [0.2, 0.25) is 0 Å². The third kappa shape index (κ3) is 3.48. The maximum Gasteiger partial charge on any atom is 0.526 e. The standard InChI is InChI=1S/C19H12O6/c20-17(24-19(23)25-18(21)22)16-10-4-3-9-15(16)14-11-5-7-12-6-1-2-8-13(12)14/h1-11H,(H,21,22). The fourth-order valence-corrected chi connectivity index (χ4v) is 2.58. The van der Waals surface area contributed by atoms with Crippen LogP contribution in [0.25, 0.3) is 21.9 Å². The van der Waals surface area contributed by atoms with Crippen molar-refractivity contribution >= 4 is 29.1 Å². The molecule has 0 unspecified atom stereocenters. The Morgan fingerprint density at radius 1 is 0.720 bits per heavy atom. The monoisotopic (exact) mass is 336 g/mol. The maximum absolute atomic E-state index is 12.3. The SMILES string of the molecule is O=C(O)OC(=O)OC(=O)c1ccccc1-c1cccc2ccccc12. The third-order valence-electron chi connectivity index (χ3n) is 3.57. The summed E-state index contributed by atoms with van der Waals surface area (Å²) >= 11 is 0. The number of ether oxygens (including phenoxy) is 2. The second-order valence-corrected chi connectivity index (χ2v) is 5.08. The van der Waals surface area contributed by atoms with Crippen LogP contribution in [0.3, 0.4) is 0 Å². The average Bonchev–Trinajstić information content (AvgIpc) is 2.60. The Morgan fingerprint density at radius 3 is 2.16 bits per heavy atom. The predicted molar refractivity (Wildman–Crippen MR) is 89.3 cm³/mol. The molecule has 124 valence electrons. The lowest BCUT2D eigenvalue weighted by atomic mass is 9.95. The molecule has 3 aromatic rings. The number of hydrogen-bond donors (Lipinski definition) is 1. The van der Waals surface area contributed by atoms with Gasteiger partial charge < -0.3 is 14.6 Å². The Hall–Kier alpha value is -3.67. The highest BCUT2D eigenvalue weighted by Crippen LogP contribution is 2.31. The van der Waals surface area contributed by atoms with E-state index in [4.69, 9.17) is 5.11 Å². The van der Waals surface area contributed by atoms with Crippen LogP contribution in [0.15, 0.2) is 66.7 Å². The van der Waals surface area contributed by atoms with Crippen LogP contribution in [0.5, 0.6) is 0 Å². The Bertz CT molecular complexity index is 971. The second kappa shape index (κ2) is 6.84. The fraction of sp³-hybridized carbons (Fsp3) is 0. The molecule has 0 bridgehead atoms. The number of carboxylic acid groups (broad SMARTS) is 1. The van der Waals surface area contributed by atoms with Crippen molar-refractivity contribution in [3.05, 3.63) is 72.3 Å². The highest BCUT2D eigenvalue weighted by atomic mass is 16.8. The third-order valence-corrected chi connectivity index (χ3v) is 3.57.